The van der Waals surface area contributed by atoms with Crippen LogP contribution in [0.25, 0.3) is 16.9 Å². The van der Waals surface area contributed by atoms with Crippen molar-refractivity contribution in [1.82, 2.24) is 25.6 Å². The lowest BCUT2D eigenvalue weighted by Gasteiger charge is -2.05. The van der Waals surface area contributed by atoms with Gasteiger partial charge in [-0.3, -0.25) is 9.98 Å². The lowest BCUT2D eigenvalue weighted by Crippen LogP contribution is -2.19. The Balaban J connectivity index is 1.40. The van der Waals surface area contributed by atoms with Crippen LogP contribution in [-0.4, -0.2) is 52.8 Å². The molecular weight excluding hydrogens is 338 g/mol. The minimum absolute atomic E-state index is 0.824. The van der Waals surface area contributed by atoms with Crippen LogP contribution in [0.15, 0.2) is 64.7 Å². The van der Waals surface area contributed by atoms with Gasteiger partial charge < -0.3 is 10.6 Å². The third-order valence-electron chi connectivity index (χ3n) is 4.68. The molecule has 5 rings (SSSR count). The van der Waals surface area contributed by atoms with Crippen LogP contribution in [0.1, 0.15) is 11.1 Å². The molecule has 0 unspecified atom stereocenters. The summed E-state index contributed by atoms with van der Waals surface area (Å²) in [4.78, 5) is 8.93. The lowest BCUT2D eigenvalue weighted by atomic mass is 10.1. The third kappa shape index (κ3) is 3.08. The zero-order valence-corrected chi connectivity index (χ0v) is 14.8. The fraction of sp³-hybridized carbons (Fsp3) is 0.200. The molecule has 2 aliphatic rings. The maximum absolute atomic E-state index is 4.48. The highest BCUT2D eigenvalue weighted by atomic mass is 15.4. The average Bonchev–Trinajstić information content (AvgIpc) is 3.51. The molecule has 134 valence electrons. The quantitative estimate of drug-likeness (QED) is 0.744. The molecule has 7 nitrogen and oxygen atoms in total. The second kappa shape index (κ2) is 6.68. The van der Waals surface area contributed by atoms with Crippen molar-refractivity contribution in [3.63, 3.8) is 0 Å². The van der Waals surface area contributed by atoms with Gasteiger partial charge in [0.25, 0.3) is 0 Å². The van der Waals surface area contributed by atoms with Crippen LogP contribution in [0, 0.1) is 0 Å². The van der Waals surface area contributed by atoms with Gasteiger partial charge >= 0.3 is 0 Å². The molecule has 0 aliphatic carbocycles. The molecule has 0 spiro atoms. The Morgan fingerprint density at radius 2 is 1.48 bits per heavy atom. The molecule has 2 N–H and O–H groups in total. The number of hydrogen-bond acceptors (Lipinski definition) is 6. The molecule has 3 aromatic rings. The van der Waals surface area contributed by atoms with Crippen molar-refractivity contribution in [2.45, 2.75) is 0 Å². The number of aliphatic imine (C=N–C) groups is 2. The van der Waals surface area contributed by atoms with E-state index in [1.807, 2.05) is 18.3 Å². The Hall–Kier alpha value is -3.48. The van der Waals surface area contributed by atoms with Crippen molar-refractivity contribution in [2.75, 3.05) is 26.2 Å². The number of rotatable bonds is 4. The minimum Gasteiger partial charge on any atom is -0.368 e. The van der Waals surface area contributed by atoms with Crippen molar-refractivity contribution < 1.29 is 0 Å². The maximum Gasteiger partial charge on any atom is 0.128 e. The van der Waals surface area contributed by atoms with Crippen molar-refractivity contribution in [2.24, 2.45) is 9.98 Å². The predicted octanol–water partition coefficient (Wildman–Crippen LogP) is 1.63. The predicted molar refractivity (Wildman–Crippen MR) is 106 cm³/mol. The van der Waals surface area contributed by atoms with Crippen molar-refractivity contribution in [1.29, 1.82) is 0 Å². The molecule has 2 aromatic carbocycles. The van der Waals surface area contributed by atoms with E-state index in [1.54, 1.807) is 4.68 Å². The fourth-order valence-corrected chi connectivity index (χ4v) is 3.30. The zero-order chi connectivity index (χ0) is 18.1. The van der Waals surface area contributed by atoms with Crippen LogP contribution < -0.4 is 10.6 Å². The van der Waals surface area contributed by atoms with E-state index in [9.17, 15) is 0 Å². The highest BCUT2D eigenvalue weighted by molar-refractivity contribution is 6.00. The van der Waals surface area contributed by atoms with E-state index in [-0.39, 0.29) is 0 Å². The van der Waals surface area contributed by atoms with E-state index in [1.165, 1.54) is 0 Å². The Bertz CT molecular complexity index is 1030. The van der Waals surface area contributed by atoms with E-state index in [0.29, 0.717) is 0 Å². The Kier molecular flexibility index (Phi) is 3.90. The molecule has 0 saturated carbocycles. The van der Waals surface area contributed by atoms with E-state index in [0.717, 1.165) is 65.9 Å². The molecule has 3 heterocycles. The number of benzene rings is 2. The summed E-state index contributed by atoms with van der Waals surface area (Å²) >= 11 is 0. The summed E-state index contributed by atoms with van der Waals surface area (Å²) < 4.78 is 1.80. The maximum atomic E-state index is 4.48. The number of amidine groups is 2. The minimum atomic E-state index is 0.824. The smallest absolute Gasteiger partial charge is 0.128 e. The number of nitrogens with zero attached hydrogens (tertiary/aromatic N) is 5. The van der Waals surface area contributed by atoms with Gasteiger partial charge in [0.05, 0.1) is 25.0 Å². The van der Waals surface area contributed by atoms with Crippen LogP contribution in [0.5, 0.6) is 0 Å². The first kappa shape index (κ1) is 15.7. The molecule has 0 saturated heterocycles. The molecule has 27 heavy (non-hydrogen) atoms. The fourth-order valence-electron chi connectivity index (χ4n) is 3.30. The van der Waals surface area contributed by atoms with Crippen LogP contribution in [0.2, 0.25) is 0 Å². The van der Waals surface area contributed by atoms with Gasteiger partial charge in [-0.15, -0.1) is 5.10 Å². The Morgan fingerprint density at radius 3 is 2.19 bits per heavy atom. The molecule has 7 heteroatoms. The number of aromatic nitrogens is 3. The van der Waals surface area contributed by atoms with Gasteiger partial charge in [-0.1, -0.05) is 41.6 Å². The normalized spacial score (nSPS) is 15.9. The molecule has 0 amide bonds. The van der Waals surface area contributed by atoms with Crippen molar-refractivity contribution in [3.05, 3.63) is 65.9 Å². The van der Waals surface area contributed by atoms with Crippen LogP contribution in [0.3, 0.4) is 0 Å². The second-order valence-corrected chi connectivity index (χ2v) is 6.49. The molecule has 0 fully saturated rings. The first-order chi connectivity index (χ1) is 13.4. The van der Waals surface area contributed by atoms with Gasteiger partial charge in [0.2, 0.25) is 0 Å². The topological polar surface area (TPSA) is 79.5 Å². The average molecular weight is 357 g/mol. The number of nitrogens with one attached hydrogen (secondary N) is 2. The summed E-state index contributed by atoms with van der Waals surface area (Å²) in [5, 5.41) is 15.2. The molecule has 0 radical (unpaired) electrons. The number of hydrogen-bond donors (Lipinski definition) is 2. The Morgan fingerprint density at radius 1 is 0.778 bits per heavy atom. The molecule has 0 bridgehead atoms. The van der Waals surface area contributed by atoms with Crippen LogP contribution >= 0.6 is 0 Å². The van der Waals surface area contributed by atoms with Gasteiger partial charge in [-0.2, -0.15) is 0 Å². The van der Waals surface area contributed by atoms with E-state index >= 15 is 0 Å². The first-order valence-electron chi connectivity index (χ1n) is 9.07. The van der Waals surface area contributed by atoms with Gasteiger partial charge in [0.1, 0.15) is 17.4 Å². The van der Waals surface area contributed by atoms with Crippen molar-refractivity contribution in [3.8, 4) is 16.9 Å². The van der Waals surface area contributed by atoms with Crippen molar-refractivity contribution >= 4 is 11.7 Å². The third-order valence-corrected chi connectivity index (χ3v) is 4.68. The lowest BCUT2D eigenvalue weighted by molar-refractivity contribution is 0.803. The summed E-state index contributed by atoms with van der Waals surface area (Å²) in [5.41, 5.74) is 4.99. The molecule has 2 aliphatic heterocycles. The molecule has 0 atom stereocenters. The van der Waals surface area contributed by atoms with Crippen LogP contribution in [0.4, 0.5) is 0 Å². The molecule has 1 aromatic heterocycles. The second-order valence-electron chi connectivity index (χ2n) is 6.49. The Labute approximate surface area is 156 Å². The van der Waals surface area contributed by atoms with Gasteiger partial charge in [0, 0.05) is 29.8 Å². The SMILES string of the molecule is c1cc(C2=NCCN2)cc(-n2cc(-c3ccc(C4=NCCN4)cc3)nn2)c1. The van der Waals surface area contributed by atoms with E-state index < -0.39 is 0 Å². The van der Waals surface area contributed by atoms with Gasteiger partial charge in [-0.25, -0.2) is 4.68 Å². The summed E-state index contributed by atoms with van der Waals surface area (Å²) in [7, 11) is 0. The largest absolute Gasteiger partial charge is 0.368 e. The summed E-state index contributed by atoms with van der Waals surface area (Å²) in [5.74, 6) is 1.90. The summed E-state index contributed by atoms with van der Waals surface area (Å²) in [6.07, 6.45) is 1.95. The standard InChI is InChI=1S/C20H19N7/c1-2-16(20-23-10-11-24-20)12-17(3-1)27-13-18(25-26-27)14-4-6-15(7-5-14)19-21-8-9-22-19/h1-7,12-13H,8-11H2,(H,21,22)(H,23,24). The highest BCUT2D eigenvalue weighted by Gasteiger charge is 2.12. The van der Waals surface area contributed by atoms with Gasteiger partial charge in [-0.05, 0) is 12.1 Å². The monoisotopic (exact) mass is 357 g/mol. The van der Waals surface area contributed by atoms with E-state index in [4.69, 9.17) is 0 Å². The van der Waals surface area contributed by atoms with E-state index in [2.05, 4.69) is 67.3 Å². The zero-order valence-electron chi connectivity index (χ0n) is 14.8. The molecular formula is C20H19N7. The van der Waals surface area contributed by atoms with Crippen LogP contribution in [-0.2, 0) is 0 Å². The summed E-state index contributed by atoms with van der Waals surface area (Å²) in [6, 6.07) is 16.4. The van der Waals surface area contributed by atoms with Gasteiger partial charge in [0.15, 0.2) is 0 Å². The first-order valence-corrected chi connectivity index (χ1v) is 9.07. The summed E-state index contributed by atoms with van der Waals surface area (Å²) in [6.45, 7) is 3.47. The highest BCUT2D eigenvalue weighted by Crippen LogP contribution is 2.19.